The van der Waals surface area contributed by atoms with E-state index in [1.54, 1.807) is 36.4 Å². The van der Waals surface area contributed by atoms with Gasteiger partial charge in [0.1, 0.15) is 12.4 Å². The van der Waals surface area contributed by atoms with Crippen LogP contribution in [0, 0.1) is 11.3 Å². The predicted molar refractivity (Wildman–Crippen MR) is 150 cm³/mol. The highest BCUT2D eigenvalue weighted by Crippen LogP contribution is 2.22. The summed E-state index contributed by atoms with van der Waals surface area (Å²) in [5, 5.41) is 22.2. The second-order valence-corrected chi connectivity index (χ2v) is 9.28. The molecule has 0 saturated carbocycles. The summed E-state index contributed by atoms with van der Waals surface area (Å²) >= 11 is 0. The molecule has 0 spiro atoms. The Hall–Kier alpha value is -4.81. The molecule has 9 heteroatoms. The van der Waals surface area contributed by atoms with Crippen LogP contribution in [0.1, 0.15) is 35.4 Å². The number of carbonyl (C=O) groups excluding carboxylic acids is 2. The number of likely N-dealkylation sites (N-methyl/N-ethyl adjacent to an activating group) is 1. The zero-order valence-corrected chi connectivity index (χ0v) is 22.0. The van der Waals surface area contributed by atoms with Gasteiger partial charge in [0.2, 0.25) is 11.8 Å². The van der Waals surface area contributed by atoms with Crippen molar-refractivity contribution >= 4 is 17.6 Å². The fourth-order valence-electron chi connectivity index (χ4n) is 4.17. The van der Waals surface area contributed by atoms with Crippen LogP contribution in [-0.2, 0) is 16.1 Å². The lowest BCUT2D eigenvalue weighted by Gasteiger charge is -2.20. The number of pyridine rings is 1. The maximum absolute atomic E-state index is 13.3. The Labute approximate surface area is 227 Å². The summed E-state index contributed by atoms with van der Waals surface area (Å²) in [7, 11) is 1.58. The molecule has 4 aromatic rings. The number of hydrogen-bond acceptors (Lipinski definition) is 6. The van der Waals surface area contributed by atoms with Gasteiger partial charge in [-0.2, -0.15) is 10.4 Å². The van der Waals surface area contributed by atoms with Gasteiger partial charge in [0.15, 0.2) is 0 Å². The highest BCUT2D eigenvalue weighted by Gasteiger charge is 2.21. The average molecular weight is 522 g/mol. The second-order valence-electron chi connectivity index (χ2n) is 9.28. The molecule has 198 valence electrons. The van der Waals surface area contributed by atoms with Crippen LogP contribution in [0.4, 0.5) is 5.82 Å². The highest BCUT2D eigenvalue weighted by atomic mass is 16.2. The normalized spacial score (nSPS) is 12.2. The summed E-state index contributed by atoms with van der Waals surface area (Å²) in [5.41, 5.74) is 4.33. The van der Waals surface area contributed by atoms with Crippen LogP contribution < -0.4 is 16.0 Å². The van der Waals surface area contributed by atoms with Gasteiger partial charge >= 0.3 is 0 Å². The number of nitriles is 1. The Morgan fingerprint density at radius 2 is 1.72 bits per heavy atom. The number of aromatic nitrogens is 3. The molecule has 2 aromatic carbocycles. The first-order valence-electron chi connectivity index (χ1n) is 12.7. The standard InChI is InChI=1S/C30H31N7O2/c1-21(23-10-8-22(14-31)9-11-23)15-33-18-27(24-6-4-3-5-7-24)30(39)36-28-13-12-25(16-34-28)26-17-35-37(19-26)20-29(38)32-2/h3-13,16-17,19,21,27,33H,15,18,20H2,1-2H3,(H,32,38)(H,34,36,39)/t21-,27?/m1/s1. The van der Waals surface area contributed by atoms with Crippen molar-refractivity contribution in [2.75, 3.05) is 25.5 Å². The molecule has 3 N–H and O–H groups in total. The molecule has 2 aromatic heterocycles. The molecule has 0 aliphatic heterocycles. The van der Waals surface area contributed by atoms with Crippen molar-refractivity contribution in [2.24, 2.45) is 0 Å². The molecule has 0 aliphatic rings. The van der Waals surface area contributed by atoms with E-state index in [1.807, 2.05) is 60.7 Å². The molecule has 0 bridgehead atoms. The lowest BCUT2D eigenvalue weighted by atomic mass is 9.96. The molecule has 39 heavy (non-hydrogen) atoms. The number of nitrogens with one attached hydrogen (secondary N) is 3. The molecular formula is C30H31N7O2. The SMILES string of the molecule is CNC(=O)Cn1cc(-c2ccc(NC(=O)C(CNC[C@@H](C)c3ccc(C#N)cc3)c3ccccc3)nc2)cn1. The third kappa shape index (κ3) is 7.37. The van der Waals surface area contributed by atoms with E-state index in [2.05, 4.69) is 39.0 Å². The van der Waals surface area contributed by atoms with E-state index >= 15 is 0 Å². The van der Waals surface area contributed by atoms with E-state index in [9.17, 15) is 9.59 Å². The lowest BCUT2D eigenvalue weighted by Crippen LogP contribution is -2.32. The largest absolute Gasteiger partial charge is 0.358 e. The van der Waals surface area contributed by atoms with Crippen molar-refractivity contribution < 1.29 is 9.59 Å². The van der Waals surface area contributed by atoms with Gasteiger partial charge in [0.25, 0.3) is 0 Å². The van der Waals surface area contributed by atoms with Crippen molar-refractivity contribution in [1.29, 1.82) is 5.26 Å². The molecule has 0 fully saturated rings. The third-order valence-electron chi connectivity index (χ3n) is 6.49. The van der Waals surface area contributed by atoms with E-state index in [0.29, 0.717) is 24.5 Å². The number of nitrogens with zero attached hydrogens (tertiary/aromatic N) is 4. The average Bonchev–Trinajstić information content (AvgIpc) is 3.44. The Morgan fingerprint density at radius 3 is 2.38 bits per heavy atom. The topological polar surface area (TPSA) is 125 Å². The predicted octanol–water partition coefficient (Wildman–Crippen LogP) is 3.68. The summed E-state index contributed by atoms with van der Waals surface area (Å²) in [6, 6.07) is 23.0. The monoisotopic (exact) mass is 521 g/mol. The molecular weight excluding hydrogens is 490 g/mol. The summed E-state index contributed by atoms with van der Waals surface area (Å²) in [6.07, 6.45) is 5.13. The van der Waals surface area contributed by atoms with Crippen molar-refractivity contribution in [3.8, 4) is 17.2 Å². The van der Waals surface area contributed by atoms with Gasteiger partial charge in [-0.3, -0.25) is 14.3 Å². The molecule has 2 amide bonds. The Balaban J connectivity index is 1.39. The quantitative estimate of drug-likeness (QED) is 0.277. The van der Waals surface area contributed by atoms with Gasteiger partial charge in [-0.15, -0.1) is 0 Å². The summed E-state index contributed by atoms with van der Waals surface area (Å²) in [4.78, 5) is 29.4. The number of anilines is 1. The van der Waals surface area contributed by atoms with Crippen LogP contribution in [0.5, 0.6) is 0 Å². The van der Waals surface area contributed by atoms with E-state index in [1.165, 1.54) is 0 Å². The summed E-state index contributed by atoms with van der Waals surface area (Å²) in [5.74, 6) is -0.0327. The molecule has 1 unspecified atom stereocenters. The molecule has 2 heterocycles. The molecule has 0 saturated heterocycles. The summed E-state index contributed by atoms with van der Waals surface area (Å²) < 4.78 is 1.56. The van der Waals surface area contributed by atoms with Gasteiger partial charge in [-0.05, 0) is 41.3 Å². The maximum Gasteiger partial charge on any atom is 0.241 e. The zero-order chi connectivity index (χ0) is 27.6. The number of carbonyl (C=O) groups is 2. The Morgan fingerprint density at radius 1 is 0.949 bits per heavy atom. The minimum atomic E-state index is -0.413. The van der Waals surface area contributed by atoms with Crippen LogP contribution in [0.3, 0.4) is 0 Å². The number of amides is 2. The van der Waals surface area contributed by atoms with Gasteiger partial charge < -0.3 is 16.0 Å². The van der Waals surface area contributed by atoms with Crippen LogP contribution >= 0.6 is 0 Å². The van der Waals surface area contributed by atoms with Gasteiger partial charge in [-0.25, -0.2) is 4.98 Å². The molecule has 0 aliphatic carbocycles. The summed E-state index contributed by atoms with van der Waals surface area (Å²) in [6.45, 7) is 3.39. The number of hydrogen-bond donors (Lipinski definition) is 3. The van der Waals surface area contributed by atoms with Gasteiger partial charge in [0.05, 0.1) is 23.7 Å². The van der Waals surface area contributed by atoms with E-state index in [0.717, 1.165) is 22.3 Å². The smallest absolute Gasteiger partial charge is 0.241 e. The highest BCUT2D eigenvalue weighted by molar-refractivity contribution is 5.95. The molecule has 2 atom stereocenters. The first-order chi connectivity index (χ1) is 19.0. The zero-order valence-electron chi connectivity index (χ0n) is 22.0. The van der Waals surface area contributed by atoms with Crippen molar-refractivity contribution in [3.05, 3.63) is 102 Å². The second kappa shape index (κ2) is 13.1. The van der Waals surface area contributed by atoms with Crippen LogP contribution in [0.2, 0.25) is 0 Å². The number of rotatable bonds is 11. The molecule has 0 radical (unpaired) electrons. The van der Waals surface area contributed by atoms with Crippen molar-refractivity contribution in [1.82, 2.24) is 25.4 Å². The van der Waals surface area contributed by atoms with Gasteiger partial charge in [-0.1, -0.05) is 49.4 Å². The minimum absolute atomic E-state index is 0.132. The number of benzene rings is 2. The van der Waals surface area contributed by atoms with E-state index in [-0.39, 0.29) is 24.3 Å². The fraction of sp³-hybridized carbons (Fsp3) is 0.233. The Kier molecular flexibility index (Phi) is 9.16. The van der Waals surface area contributed by atoms with Gasteiger partial charge in [0, 0.05) is 43.7 Å². The van der Waals surface area contributed by atoms with Crippen LogP contribution in [-0.4, -0.2) is 46.7 Å². The maximum atomic E-state index is 13.3. The first kappa shape index (κ1) is 27.2. The van der Waals surface area contributed by atoms with E-state index in [4.69, 9.17) is 5.26 Å². The first-order valence-corrected chi connectivity index (χ1v) is 12.7. The molecule has 9 nitrogen and oxygen atoms in total. The van der Waals surface area contributed by atoms with E-state index < -0.39 is 5.92 Å². The van der Waals surface area contributed by atoms with Crippen LogP contribution in [0.25, 0.3) is 11.1 Å². The molecule has 4 rings (SSSR count). The Bertz CT molecular complexity index is 1420. The third-order valence-corrected chi connectivity index (χ3v) is 6.49. The minimum Gasteiger partial charge on any atom is -0.358 e. The van der Waals surface area contributed by atoms with Crippen LogP contribution in [0.15, 0.2) is 85.3 Å². The van der Waals surface area contributed by atoms with Crippen molar-refractivity contribution in [3.63, 3.8) is 0 Å². The van der Waals surface area contributed by atoms with Crippen molar-refractivity contribution in [2.45, 2.75) is 25.3 Å². The lowest BCUT2D eigenvalue weighted by molar-refractivity contribution is -0.121. The fourth-order valence-corrected chi connectivity index (χ4v) is 4.17.